The number of carboxylic acids is 1. The maximum atomic E-state index is 13.4. The third-order valence-corrected chi connectivity index (χ3v) is 7.58. The molecule has 1 atom stereocenters. The predicted octanol–water partition coefficient (Wildman–Crippen LogP) is 3.80. The summed E-state index contributed by atoms with van der Waals surface area (Å²) in [6.07, 6.45) is 0.0189. The number of hydrogen-bond donors (Lipinski definition) is 1. The van der Waals surface area contributed by atoms with E-state index in [-0.39, 0.29) is 11.3 Å². The van der Waals surface area contributed by atoms with Crippen LogP contribution in [-0.4, -0.2) is 60.8 Å². The zero-order chi connectivity index (χ0) is 25.4. The van der Waals surface area contributed by atoms with Gasteiger partial charge in [-0.1, -0.05) is 30.3 Å². The molecular formula is C24H31NO7S2. The number of ether oxygens (including phenoxy) is 2. The summed E-state index contributed by atoms with van der Waals surface area (Å²) in [6.45, 7) is 4.25. The normalized spacial score (nSPS) is 12.9. The van der Waals surface area contributed by atoms with Gasteiger partial charge in [0.25, 0.3) is 0 Å². The van der Waals surface area contributed by atoms with Crippen molar-refractivity contribution in [1.29, 1.82) is 0 Å². The number of rotatable bonds is 12. The van der Waals surface area contributed by atoms with Crippen LogP contribution in [0.4, 0.5) is 0 Å². The molecule has 0 aliphatic carbocycles. The molecule has 0 aliphatic rings. The second kappa shape index (κ2) is 12.2. The lowest BCUT2D eigenvalue weighted by Crippen LogP contribution is -2.48. The highest BCUT2D eigenvalue weighted by Gasteiger charge is 2.38. The fourth-order valence-electron chi connectivity index (χ4n) is 3.10. The molecule has 34 heavy (non-hydrogen) atoms. The summed E-state index contributed by atoms with van der Waals surface area (Å²) in [4.78, 5) is 24.6. The second-order valence-corrected chi connectivity index (χ2v) is 11.5. The number of benzene rings is 2. The molecule has 2 aromatic carbocycles. The zero-order valence-electron chi connectivity index (χ0n) is 19.8. The first-order valence-electron chi connectivity index (χ1n) is 10.7. The summed E-state index contributed by atoms with van der Waals surface area (Å²) in [6, 6.07) is 13.8. The van der Waals surface area contributed by atoms with Crippen LogP contribution in [0.3, 0.4) is 0 Å². The molecule has 0 aliphatic heterocycles. The van der Waals surface area contributed by atoms with Crippen LogP contribution in [0.25, 0.3) is 0 Å². The third-order valence-electron chi connectivity index (χ3n) is 4.65. The summed E-state index contributed by atoms with van der Waals surface area (Å²) in [5.41, 5.74) is 0.229. The van der Waals surface area contributed by atoms with Crippen molar-refractivity contribution >= 4 is 33.7 Å². The van der Waals surface area contributed by atoms with Crippen LogP contribution < -0.4 is 4.74 Å². The molecule has 0 bridgehead atoms. The highest BCUT2D eigenvalue weighted by molar-refractivity contribution is 7.98. The fraction of sp³-hybridized carbons (Fsp3) is 0.417. The van der Waals surface area contributed by atoms with E-state index in [2.05, 4.69) is 0 Å². The first-order valence-corrected chi connectivity index (χ1v) is 13.3. The Morgan fingerprint density at radius 1 is 1.06 bits per heavy atom. The Bertz CT molecular complexity index is 1050. The van der Waals surface area contributed by atoms with E-state index in [9.17, 15) is 23.1 Å². The van der Waals surface area contributed by atoms with Crippen LogP contribution in [-0.2, 0) is 30.1 Å². The van der Waals surface area contributed by atoms with Gasteiger partial charge in [-0.15, -0.1) is 0 Å². The topological polar surface area (TPSA) is 110 Å². The van der Waals surface area contributed by atoms with Crippen molar-refractivity contribution in [2.75, 3.05) is 19.4 Å². The standard InChI is InChI=1S/C24H31NO7S2/c1-24(2,3)32-22(26)16-25(34(29,30)20-12-10-19(31-4)11-13-20)21(23(27)28)14-15-33-17-18-8-6-5-7-9-18/h5-13,21H,14-17H2,1-4H3,(H,27,28). The number of methoxy groups -OCH3 is 1. The molecule has 0 amide bonds. The fourth-order valence-corrected chi connectivity index (χ4v) is 5.62. The van der Waals surface area contributed by atoms with Gasteiger partial charge in [-0.25, -0.2) is 8.42 Å². The molecule has 0 spiro atoms. The van der Waals surface area contributed by atoms with Gasteiger partial charge in [-0.3, -0.25) is 9.59 Å². The Balaban J connectivity index is 2.27. The number of sulfonamides is 1. The molecule has 1 N–H and O–H groups in total. The smallest absolute Gasteiger partial charge is 0.322 e. The predicted molar refractivity (Wildman–Crippen MR) is 131 cm³/mol. The van der Waals surface area contributed by atoms with Crippen molar-refractivity contribution in [3.63, 3.8) is 0 Å². The van der Waals surface area contributed by atoms with Crippen molar-refractivity contribution in [1.82, 2.24) is 4.31 Å². The number of nitrogens with zero attached hydrogens (tertiary/aromatic N) is 1. The van der Waals surface area contributed by atoms with Crippen molar-refractivity contribution in [3.8, 4) is 5.75 Å². The molecule has 8 nitrogen and oxygen atoms in total. The lowest BCUT2D eigenvalue weighted by atomic mass is 10.2. The van der Waals surface area contributed by atoms with Crippen LogP contribution >= 0.6 is 11.8 Å². The van der Waals surface area contributed by atoms with Crippen molar-refractivity contribution in [2.45, 2.75) is 49.5 Å². The van der Waals surface area contributed by atoms with Crippen molar-refractivity contribution < 1.29 is 32.6 Å². The molecule has 2 rings (SSSR count). The van der Waals surface area contributed by atoms with Gasteiger partial charge in [0, 0.05) is 5.75 Å². The monoisotopic (exact) mass is 509 g/mol. The minimum atomic E-state index is -4.32. The average Bonchev–Trinajstić information content (AvgIpc) is 2.77. The number of carbonyl (C=O) groups excluding carboxylic acids is 1. The van der Waals surface area contributed by atoms with Crippen molar-refractivity contribution in [2.24, 2.45) is 0 Å². The molecule has 0 saturated heterocycles. The van der Waals surface area contributed by atoms with Crippen LogP contribution in [0.2, 0.25) is 0 Å². The maximum absolute atomic E-state index is 13.4. The van der Waals surface area contributed by atoms with Crippen LogP contribution in [0, 0.1) is 0 Å². The Kier molecular flexibility index (Phi) is 9.96. The van der Waals surface area contributed by atoms with Gasteiger partial charge in [0.1, 0.15) is 23.9 Å². The molecule has 0 aromatic heterocycles. The summed E-state index contributed by atoms with van der Waals surface area (Å²) in [5.74, 6) is -0.669. The number of aliphatic carboxylic acids is 1. The summed E-state index contributed by atoms with van der Waals surface area (Å²) >= 11 is 1.49. The number of carbonyl (C=O) groups is 2. The Hall–Kier alpha value is -2.56. The molecule has 0 saturated carbocycles. The van der Waals surface area contributed by atoms with Gasteiger partial charge in [0.15, 0.2) is 0 Å². The van der Waals surface area contributed by atoms with Gasteiger partial charge >= 0.3 is 11.9 Å². The van der Waals surface area contributed by atoms with Crippen molar-refractivity contribution in [3.05, 3.63) is 60.2 Å². The van der Waals surface area contributed by atoms with Gasteiger partial charge in [-0.2, -0.15) is 16.1 Å². The van der Waals surface area contributed by atoms with E-state index < -0.39 is 40.1 Å². The maximum Gasteiger partial charge on any atom is 0.322 e. The quantitative estimate of drug-likeness (QED) is 0.340. The van der Waals surface area contributed by atoms with Gasteiger partial charge in [0.2, 0.25) is 10.0 Å². The molecule has 1 unspecified atom stereocenters. The lowest BCUT2D eigenvalue weighted by Gasteiger charge is -2.29. The van der Waals surface area contributed by atoms with E-state index in [1.807, 2.05) is 30.3 Å². The number of esters is 1. The van der Waals surface area contributed by atoms with E-state index in [1.54, 1.807) is 20.8 Å². The Morgan fingerprint density at radius 2 is 1.68 bits per heavy atom. The van der Waals surface area contributed by atoms with E-state index in [0.717, 1.165) is 5.56 Å². The molecule has 0 radical (unpaired) electrons. The molecule has 186 valence electrons. The average molecular weight is 510 g/mol. The van der Waals surface area contributed by atoms with Gasteiger partial charge < -0.3 is 14.6 Å². The molecular weight excluding hydrogens is 478 g/mol. The van der Waals surface area contributed by atoms with Gasteiger partial charge in [0.05, 0.1) is 12.0 Å². The largest absolute Gasteiger partial charge is 0.497 e. The van der Waals surface area contributed by atoms with E-state index in [0.29, 0.717) is 21.6 Å². The number of hydrogen-bond acceptors (Lipinski definition) is 7. The first-order chi connectivity index (χ1) is 15.9. The number of carboxylic acid groups (broad SMARTS) is 1. The van der Waals surface area contributed by atoms with Crippen LogP contribution in [0.1, 0.15) is 32.8 Å². The summed E-state index contributed by atoms with van der Waals surface area (Å²) < 4.78 is 38.0. The summed E-state index contributed by atoms with van der Waals surface area (Å²) in [5, 5.41) is 9.91. The van der Waals surface area contributed by atoms with Gasteiger partial charge in [-0.05, 0) is 62.8 Å². The zero-order valence-corrected chi connectivity index (χ0v) is 21.4. The minimum Gasteiger partial charge on any atom is -0.497 e. The van der Waals surface area contributed by atoms with Crippen LogP contribution in [0.15, 0.2) is 59.5 Å². The SMILES string of the molecule is COc1ccc(S(=O)(=O)N(CC(=O)OC(C)(C)C)C(CCSCc2ccccc2)C(=O)O)cc1. The molecule has 0 heterocycles. The molecule has 2 aromatic rings. The Morgan fingerprint density at radius 3 is 2.21 bits per heavy atom. The third kappa shape index (κ3) is 8.34. The van der Waals surface area contributed by atoms with E-state index in [4.69, 9.17) is 9.47 Å². The second-order valence-electron chi connectivity index (χ2n) is 8.49. The Labute approximate surface area is 205 Å². The van der Waals surface area contributed by atoms with E-state index in [1.165, 1.54) is 43.1 Å². The van der Waals surface area contributed by atoms with Crippen LogP contribution in [0.5, 0.6) is 5.75 Å². The highest BCUT2D eigenvalue weighted by Crippen LogP contribution is 2.24. The van der Waals surface area contributed by atoms with E-state index >= 15 is 0 Å². The minimum absolute atomic E-state index is 0.0189. The molecule has 0 fully saturated rings. The molecule has 10 heteroatoms. The summed E-state index contributed by atoms with van der Waals surface area (Å²) in [7, 11) is -2.87. The number of thioether (sulfide) groups is 1. The lowest BCUT2D eigenvalue weighted by molar-refractivity contribution is -0.156. The first kappa shape index (κ1) is 27.7. The highest BCUT2D eigenvalue weighted by atomic mass is 32.2.